The average molecular weight is 358 g/mol. The normalized spacial score (nSPS) is 10.3. The number of rotatable bonds is 7. The van der Waals surface area contributed by atoms with E-state index >= 15 is 0 Å². The highest BCUT2D eigenvalue weighted by atomic mass is 16.4. The lowest BCUT2D eigenvalue weighted by atomic mass is 9.94. The van der Waals surface area contributed by atoms with Crippen LogP contribution < -0.4 is 0 Å². The lowest BCUT2D eigenvalue weighted by Crippen LogP contribution is -2.10. The van der Waals surface area contributed by atoms with Gasteiger partial charge in [0, 0.05) is 0 Å². The molecule has 26 heavy (non-hydrogen) atoms. The summed E-state index contributed by atoms with van der Waals surface area (Å²) in [4.78, 5) is 44.8. The molecule has 4 N–H and O–H groups in total. The fourth-order valence-corrected chi connectivity index (χ4v) is 2.55. The number of carboxylic acids is 4. The fourth-order valence-electron chi connectivity index (χ4n) is 2.55. The molecule has 0 heterocycles. The van der Waals surface area contributed by atoms with Crippen LogP contribution in [0.3, 0.4) is 0 Å². The third kappa shape index (κ3) is 4.04. The van der Waals surface area contributed by atoms with Crippen LogP contribution in [0.15, 0.2) is 36.4 Å². The van der Waals surface area contributed by atoms with Crippen molar-refractivity contribution in [3.8, 4) is 0 Å². The third-order valence-electron chi connectivity index (χ3n) is 3.83. The first-order valence-electron chi connectivity index (χ1n) is 7.39. The van der Waals surface area contributed by atoms with E-state index in [1.165, 1.54) is 36.4 Å². The van der Waals surface area contributed by atoms with Crippen molar-refractivity contribution >= 4 is 23.9 Å². The van der Waals surface area contributed by atoms with E-state index in [9.17, 15) is 29.4 Å². The van der Waals surface area contributed by atoms with Crippen LogP contribution in [-0.2, 0) is 12.8 Å². The summed E-state index contributed by atoms with van der Waals surface area (Å²) in [7, 11) is 0. The van der Waals surface area contributed by atoms with Crippen molar-refractivity contribution in [1.29, 1.82) is 0 Å². The summed E-state index contributed by atoms with van der Waals surface area (Å²) >= 11 is 0. The molecule has 0 radical (unpaired) electrons. The first-order chi connectivity index (χ1) is 12.2. The van der Waals surface area contributed by atoms with Crippen molar-refractivity contribution in [1.82, 2.24) is 0 Å². The molecule has 2 aromatic rings. The zero-order valence-electron chi connectivity index (χ0n) is 13.3. The van der Waals surface area contributed by atoms with Crippen molar-refractivity contribution in [2.45, 2.75) is 12.8 Å². The highest BCUT2D eigenvalue weighted by Crippen LogP contribution is 2.19. The Morgan fingerprint density at radius 1 is 0.577 bits per heavy atom. The van der Waals surface area contributed by atoms with Crippen LogP contribution in [0.2, 0.25) is 0 Å². The highest BCUT2D eigenvalue weighted by Gasteiger charge is 2.17. The van der Waals surface area contributed by atoms with Gasteiger partial charge in [-0.25, -0.2) is 19.2 Å². The Morgan fingerprint density at radius 2 is 0.923 bits per heavy atom. The molecule has 0 aliphatic rings. The maximum atomic E-state index is 11.3. The number of aromatic carboxylic acids is 4. The number of aryl methyl sites for hydroxylation is 2. The van der Waals surface area contributed by atoms with Crippen molar-refractivity contribution < 1.29 is 39.6 Å². The van der Waals surface area contributed by atoms with Crippen LogP contribution in [0.5, 0.6) is 0 Å². The zero-order chi connectivity index (χ0) is 19.4. The Balaban J connectivity index is 2.41. The van der Waals surface area contributed by atoms with E-state index in [0.29, 0.717) is 0 Å². The topological polar surface area (TPSA) is 149 Å². The standard InChI is InChI=1S/C18H14O8/c19-15(20)11-3-5-13(17(23)24)9(7-11)1-2-10-8-12(16(21)22)4-6-14(10)18(25)26/h3-8H,1-2H2,(H,19,20)(H,21,22)(H,23,24)(H,25,26). The molecule has 0 aliphatic heterocycles. The lowest BCUT2D eigenvalue weighted by Gasteiger charge is -2.10. The molecule has 0 atom stereocenters. The van der Waals surface area contributed by atoms with Crippen molar-refractivity contribution in [3.63, 3.8) is 0 Å². The molecule has 0 saturated heterocycles. The second-order valence-electron chi connectivity index (χ2n) is 5.46. The average Bonchev–Trinajstić information content (AvgIpc) is 2.58. The zero-order valence-corrected chi connectivity index (χ0v) is 13.3. The maximum absolute atomic E-state index is 11.3. The first-order valence-corrected chi connectivity index (χ1v) is 7.39. The number of carboxylic acid groups (broad SMARTS) is 4. The summed E-state index contributed by atoms with van der Waals surface area (Å²) in [5, 5.41) is 36.6. The molecule has 0 bridgehead atoms. The van der Waals surface area contributed by atoms with Gasteiger partial charge in [0.15, 0.2) is 0 Å². The van der Waals surface area contributed by atoms with E-state index < -0.39 is 23.9 Å². The van der Waals surface area contributed by atoms with Crippen LogP contribution in [0.1, 0.15) is 52.6 Å². The van der Waals surface area contributed by atoms with E-state index in [0.717, 1.165) is 0 Å². The second kappa shape index (κ2) is 7.47. The van der Waals surface area contributed by atoms with Gasteiger partial charge in [-0.2, -0.15) is 0 Å². The molecule has 0 aliphatic carbocycles. The molecule has 2 rings (SSSR count). The SMILES string of the molecule is O=C(O)c1ccc(C(=O)O)c(CCc2cc(C(=O)O)ccc2C(=O)O)c1. The quantitative estimate of drug-likeness (QED) is 0.589. The summed E-state index contributed by atoms with van der Waals surface area (Å²) in [5.74, 6) is -4.92. The van der Waals surface area contributed by atoms with Gasteiger partial charge in [-0.1, -0.05) is 0 Å². The summed E-state index contributed by atoms with van der Waals surface area (Å²) < 4.78 is 0. The minimum atomic E-state index is -1.24. The van der Waals surface area contributed by atoms with Gasteiger partial charge in [0.2, 0.25) is 0 Å². The van der Waals surface area contributed by atoms with Gasteiger partial charge in [0.25, 0.3) is 0 Å². The summed E-state index contributed by atoms with van der Waals surface area (Å²) in [6, 6.07) is 7.12. The van der Waals surface area contributed by atoms with E-state index in [1.54, 1.807) is 0 Å². The second-order valence-corrected chi connectivity index (χ2v) is 5.46. The van der Waals surface area contributed by atoms with Gasteiger partial charge < -0.3 is 20.4 Å². The van der Waals surface area contributed by atoms with Gasteiger partial charge >= 0.3 is 23.9 Å². The number of benzene rings is 2. The lowest BCUT2D eigenvalue weighted by molar-refractivity contribution is 0.0679. The molecule has 134 valence electrons. The predicted molar refractivity (Wildman–Crippen MR) is 88.1 cm³/mol. The van der Waals surface area contributed by atoms with Crippen molar-refractivity contribution in [3.05, 3.63) is 69.8 Å². The third-order valence-corrected chi connectivity index (χ3v) is 3.83. The molecule has 0 aromatic heterocycles. The summed E-state index contributed by atoms with van der Waals surface area (Å²) in [5.41, 5.74) is 0.0527. The molecular formula is C18H14O8. The predicted octanol–water partition coefficient (Wildman–Crippen LogP) is 2.26. The van der Waals surface area contributed by atoms with Crippen molar-refractivity contribution in [2.75, 3.05) is 0 Å². The molecule has 8 heteroatoms. The Labute approximate surface area is 147 Å². The van der Waals surface area contributed by atoms with Crippen LogP contribution in [0.4, 0.5) is 0 Å². The molecular weight excluding hydrogens is 344 g/mol. The maximum Gasteiger partial charge on any atom is 0.335 e. The Hall–Kier alpha value is -3.68. The molecule has 0 spiro atoms. The van der Waals surface area contributed by atoms with Crippen LogP contribution in [0.25, 0.3) is 0 Å². The smallest absolute Gasteiger partial charge is 0.335 e. The van der Waals surface area contributed by atoms with E-state index in [1.807, 2.05) is 0 Å². The van der Waals surface area contributed by atoms with Gasteiger partial charge in [0.1, 0.15) is 0 Å². The number of carbonyl (C=O) groups is 4. The summed E-state index contributed by atoms with van der Waals surface area (Å²) in [6.07, 6.45) is 0.0677. The molecule has 8 nitrogen and oxygen atoms in total. The van der Waals surface area contributed by atoms with Gasteiger partial charge in [-0.3, -0.25) is 0 Å². The molecule has 0 fully saturated rings. The molecule has 2 aromatic carbocycles. The van der Waals surface area contributed by atoms with Crippen LogP contribution in [0, 0.1) is 0 Å². The molecule has 0 saturated carbocycles. The van der Waals surface area contributed by atoms with Gasteiger partial charge in [-0.15, -0.1) is 0 Å². The Bertz CT molecular complexity index is 838. The first kappa shape index (κ1) is 18.7. The Kier molecular flexibility index (Phi) is 5.36. The molecule has 0 unspecified atom stereocenters. The van der Waals surface area contributed by atoms with Gasteiger partial charge in [0.05, 0.1) is 22.3 Å². The van der Waals surface area contributed by atoms with E-state index in [-0.39, 0.29) is 46.2 Å². The monoisotopic (exact) mass is 358 g/mol. The van der Waals surface area contributed by atoms with Crippen LogP contribution in [-0.4, -0.2) is 44.3 Å². The summed E-state index contributed by atoms with van der Waals surface area (Å²) in [6.45, 7) is 0. The van der Waals surface area contributed by atoms with E-state index in [2.05, 4.69) is 0 Å². The largest absolute Gasteiger partial charge is 0.478 e. The van der Waals surface area contributed by atoms with Gasteiger partial charge in [-0.05, 0) is 60.4 Å². The highest BCUT2D eigenvalue weighted by molar-refractivity contribution is 5.94. The minimum Gasteiger partial charge on any atom is -0.478 e. The number of hydrogen-bond acceptors (Lipinski definition) is 4. The minimum absolute atomic E-state index is 0.0338. The van der Waals surface area contributed by atoms with Crippen molar-refractivity contribution in [2.24, 2.45) is 0 Å². The van der Waals surface area contributed by atoms with Crippen LogP contribution >= 0.6 is 0 Å². The van der Waals surface area contributed by atoms with E-state index in [4.69, 9.17) is 10.2 Å². The fraction of sp³-hybridized carbons (Fsp3) is 0.111. The Morgan fingerprint density at radius 3 is 1.19 bits per heavy atom. The number of hydrogen-bond donors (Lipinski definition) is 4. The molecule has 0 amide bonds.